The zero-order valence-electron chi connectivity index (χ0n) is 9.76. The zero-order chi connectivity index (χ0) is 12.9. The van der Waals surface area contributed by atoms with Crippen molar-refractivity contribution in [3.05, 3.63) is 24.4 Å². The monoisotopic (exact) mass is 325 g/mol. The number of thioether (sulfide) groups is 1. The highest BCUT2D eigenvalue weighted by Gasteiger charge is 2.26. The number of anilines is 1. The van der Waals surface area contributed by atoms with E-state index in [1.807, 2.05) is 21.9 Å². The number of aromatic nitrogens is 1. The number of likely N-dealkylation sites (N-methyl/N-ethyl adjacent to an activating group) is 1. The van der Waals surface area contributed by atoms with Crippen molar-refractivity contribution in [1.82, 2.24) is 3.59 Å². The first kappa shape index (κ1) is 12.1. The maximum atomic E-state index is 12.0. The fraction of sp³-hybridized carbons (Fsp3) is 0.250. The van der Waals surface area contributed by atoms with Crippen LogP contribution in [0.15, 0.2) is 29.3 Å². The molecule has 0 saturated carbocycles. The van der Waals surface area contributed by atoms with Crippen molar-refractivity contribution in [2.75, 3.05) is 17.7 Å². The quantitative estimate of drug-likeness (QED) is 0.807. The number of fused-ring (bicyclic) bond motifs is 2. The first-order chi connectivity index (χ1) is 8.58. The third-order valence-corrected chi connectivity index (χ3v) is 4.93. The molecule has 4 nitrogen and oxygen atoms in total. The molecule has 1 aromatic carbocycles. The molecular formula is C12H12BrN3OS. The van der Waals surface area contributed by atoms with Gasteiger partial charge in [-0.25, -0.2) is 0 Å². The second-order valence-corrected chi connectivity index (χ2v) is 6.15. The third-order valence-electron chi connectivity index (χ3n) is 3.15. The number of nitrogens with two attached hydrogens (primary N) is 1. The number of carbonyl (C=O) groups excluding carboxylic acids is 1. The molecule has 2 heterocycles. The Balaban J connectivity index is 2.22. The first-order valence-corrected chi connectivity index (χ1v) is 7.24. The smallest absolute Gasteiger partial charge is 0.244 e. The average molecular weight is 326 g/mol. The Morgan fingerprint density at radius 2 is 2.28 bits per heavy atom. The largest absolute Gasteiger partial charge is 0.319 e. The molecule has 94 valence electrons. The summed E-state index contributed by atoms with van der Waals surface area (Å²) >= 11 is 5.09. The van der Waals surface area contributed by atoms with Crippen LogP contribution in [0.3, 0.4) is 0 Å². The minimum absolute atomic E-state index is 0.0288. The van der Waals surface area contributed by atoms with Crippen LogP contribution in [0.1, 0.15) is 0 Å². The van der Waals surface area contributed by atoms with E-state index in [1.54, 1.807) is 23.7 Å². The lowest BCUT2D eigenvalue weighted by Crippen LogP contribution is -2.42. The molecule has 1 aromatic heterocycles. The lowest BCUT2D eigenvalue weighted by Gasteiger charge is -2.19. The molecule has 1 aliphatic heterocycles. The van der Waals surface area contributed by atoms with E-state index in [-0.39, 0.29) is 5.91 Å². The Kier molecular flexibility index (Phi) is 2.88. The molecule has 0 spiro atoms. The minimum Gasteiger partial charge on any atom is -0.319 e. The number of hydrogen-bond acceptors (Lipinski definition) is 3. The predicted molar refractivity (Wildman–Crippen MR) is 78.4 cm³/mol. The maximum Gasteiger partial charge on any atom is 0.244 e. The summed E-state index contributed by atoms with van der Waals surface area (Å²) in [5.74, 6) is 0.587. The Morgan fingerprint density at radius 3 is 3.06 bits per heavy atom. The van der Waals surface area contributed by atoms with Crippen molar-refractivity contribution in [2.24, 2.45) is 5.73 Å². The van der Waals surface area contributed by atoms with Gasteiger partial charge in [0.1, 0.15) is 0 Å². The van der Waals surface area contributed by atoms with E-state index in [9.17, 15) is 4.79 Å². The first-order valence-electron chi connectivity index (χ1n) is 5.55. The predicted octanol–water partition coefficient (Wildman–Crippen LogP) is 2.20. The van der Waals surface area contributed by atoms with Crippen LogP contribution in [-0.2, 0) is 4.79 Å². The highest BCUT2D eigenvalue weighted by Crippen LogP contribution is 2.37. The second-order valence-electron chi connectivity index (χ2n) is 4.32. The van der Waals surface area contributed by atoms with Crippen LogP contribution in [-0.4, -0.2) is 28.3 Å². The van der Waals surface area contributed by atoms with Crippen LogP contribution >= 0.6 is 27.9 Å². The van der Waals surface area contributed by atoms with Gasteiger partial charge in [-0.15, -0.1) is 11.8 Å². The summed E-state index contributed by atoms with van der Waals surface area (Å²) < 4.78 is 1.90. The number of nitrogens with zero attached hydrogens (tertiary/aromatic N) is 2. The maximum absolute atomic E-state index is 12.0. The van der Waals surface area contributed by atoms with Gasteiger partial charge >= 0.3 is 0 Å². The van der Waals surface area contributed by atoms with E-state index in [2.05, 4.69) is 22.2 Å². The van der Waals surface area contributed by atoms with E-state index in [4.69, 9.17) is 5.73 Å². The van der Waals surface area contributed by atoms with E-state index >= 15 is 0 Å². The van der Waals surface area contributed by atoms with Crippen molar-refractivity contribution in [3.8, 4) is 0 Å². The summed E-state index contributed by atoms with van der Waals surface area (Å²) in [6.07, 6.45) is 1.95. The summed E-state index contributed by atoms with van der Waals surface area (Å²) in [4.78, 5) is 14.8. The Labute approximate surface area is 117 Å². The molecule has 0 saturated heterocycles. The standard InChI is InChI=1S/C12H12BrN3OS/c1-15-10-4-7-2-3-16(13)9(7)5-11(10)18-6-8(14)12(15)17/h2-5,8H,6,14H2,1H3/t8-/m0/s1. The fourth-order valence-corrected chi connectivity index (χ4v) is 3.58. The van der Waals surface area contributed by atoms with Crippen LogP contribution in [0, 0.1) is 0 Å². The molecule has 0 unspecified atom stereocenters. The highest BCUT2D eigenvalue weighted by molar-refractivity contribution is 9.08. The molecule has 1 atom stereocenters. The summed E-state index contributed by atoms with van der Waals surface area (Å²) in [5, 5.41) is 1.10. The number of amides is 1. The van der Waals surface area contributed by atoms with Gasteiger partial charge in [0.2, 0.25) is 5.91 Å². The Hall–Kier alpha value is -0.980. The lowest BCUT2D eigenvalue weighted by molar-refractivity contribution is -0.119. The van der Waals surface area contributed by atoms with Crippen LogP contribution in [0.2, 0.25) is 0 Å². The van der Waals surface area contributed by atoms with Gasteiger partial charge in [-0.3, -0.25) is 8.39 Å². The number of halogens is 1. The SMILES string of the molecule is CN1C(=O)[C@@H](N)CSc2cc3c(ccn3Br)cc21. The fourth-order valence-electron chi connectivity index (χ4n) is 2.11. The van der Waals surface area contributed by atoms with Gasteiger partial charge in [0, 0.05) is 29.3 Å². The van der Waals surface area contributed by atoms with Gasteiger partial charge in [0.15, 0.2) is 0 Å². The molecule has 18 heavy (non-hydrogen) atoms. The zero-order valence-corrected chi connectivity index (χ0v) is 12.2. The van der Waals surface area contributed by atoms with Gasteiger partial charge in [-0.05, 0) is 18.2 Å². The summed E-state index contributed by atoms with van der Waals surface area (Å²) in [5.41, 5.74) is 7.88. The van der Waals surface area contributed by atoms with E-state index in [0.29, 0.717) is 5.75 Å². The van der Waals surface area contributed by atoms with Crippen molar-refractivity contribution < 1.29 is 4.79 Å². The molecule has 1 amide bonds. The molecule has 2 N–H and O–H groups in total. The molecular weight excluding hydrogens is 314 g/mol. The average Bonchev–Trinajstić information content (AvgIpc) is 2.69. The summed E-state index contributed by atoms with van der Waals surface area (Å²) in [7, 11) is 1.78. The van der Waals surface area contributed by atoms with Crippen molar-refractivity contribution in [1.29, 1.82) is 0 Å². The third kappa shape index (κ3) is 1.75. The summed E-state index contributed by atoms with van der Waals surface area (Å²) in [6, 6.07) is 5.70. The second kappa shape index (κ2) is 4.29. The molecule has 6 heteroatoms. The number of carbonyl (C=O) groups is 1. The molecule has 3 rings (SSSR count). The van der Waals surface area contributed by atoms with Crippen molar-refractivity contribution >= 4 is 50.4 Å². The van der Waals surface area contributed by atoms with E-state index in [1.165, 1.54) is 0 Å². The van der Waals surface area contributed by atoms with Crippen molar-refractivity contribution in [2.45, 2.75) is 10.9 Å². The molecule has 2 aromatic rings. The van der Waals surface area contributed by atoms with Gasteiger partial charge < -0.3 is 10.6 Å². The van der Waals surface area contributed by atoms with E-state index in [0.717, 1.165) is 21.5 Å². The Bertz CT molecular complexity index is 640. The number of hydrogen-bond donors (Lipinski definition) is 1. The van der Waals surface area contributed by atoms with Crippen LogP contribution in [0.4, 0.5) is 5.69 Å². The van der Waals surface area contributed by atoms with Crippen LogP contribution in [0.25, 0.3) is 10.9 Å². The minimum atomic E-state index is -0.433. The lowest BCUT2D eigenvalue weighted by atomic mass is 10.2. The molecule has 0 radical (unpaired) electrons. The normalized spacial score (nSPS) is 20.1. The molecule has 0 aliphatic carbocycles. The van der Waals surface area contributed by atoms with Gasteiger partial charge in [-0.1, -0.05) is 0 Å². The van der Waals surface area contributed by atoms with Crippen LogP contribution < -0.4 is 10.6 Å². The van der Waals surface area contributed by atoms with Gasteiger partial charge in [-0.2, -0.15) is 0 Å². The molecule has 0 bridgehead atoms. The van der Waals surface area contributed by atoms with Crippen molar-refractivity contribution in [3.63, 3.8) is 0 Å². The topological polar surface area (TPSA) is 51.3 Å². The summed E-state index contributed by atoms with van der Waals surface area (Å²) in [6.45, 7) is 0. The van der Waals surface area contributed by atoms with Gasteiger partial charge in [0.05, 0.1) is 33.4 Å². The Morgan fingerprint density at radius 1 is 1.50 bits per heavy atom. The van der Waals surface area contributed by atoms with Crippen LogP contribution in [0.5, 0.6) is 0 Å². The number of benzene rings is 1. The van der Waals surface area contributed by atoms with Gasteiger partial charge in [0.25, 0.3) is 0 Å². The molecule has 0 fully saturated rings. The van der Waals surface area contributed by atoms with E-state index < -0.39 is 6.04 Å². The number of rotatable bonds is 0. The molecule has 1 aliphatic rings. The highest BCUT2D eigenvalue weighted by atomic mass is 79.9.